The second-order valence-corrected chi connectivity index (χ2v) is 4.27. The van der Waals surface area contributed by atoms with Gasteiger partial charge >= 0.3 is 21.9 Å². The maximum absolute atomic E-state index is 13.1. The summed E-state index contributed by atoms with van der Waals surface area (Å²) in [4.78, 5) is 18.8. The third kappa shape index (κ3) is 2.87. The highest BCUT2D eigenvalue weighted by Gasteiger charge is 2.23. The Balaban J connectivity index is 3.23. The van der Waals surface area contributed by atoms with Crippen LogP contribution in [0.5, 0.6) is 0 Å². The first-order valence-corrected chi connectivity index (χ1v) is 5.33. The molecule has 0 bridgehead atoms. The molecule has 0 aliphatic carbocycles. The van der Waals surface area contributed by atoms with Gasteiger partial charge in [0.2, 0.25) is 5.82 Å². The van der Waals surface area contributed by atoms with Gasteiger partial charge < -0.3 is 9.92 Å². The number of carbonyl (C=O) groups excluding carboxylic acids is 1. The maximum atomic E-state index is 13.1. The van der Waals surface area contributed by atoms with Crippen LogP contribution in [0.25, 0.3) is 0 Å². The van der Waals surface area contributed by atoms with E-state index in [1.807, 2.05) is 0 Å². The molecule has 0 radical (unpaired) electrons. The normalized spacial score (nSPS) is 10.9. The van der Waals surface area contributed by atoms with Crippen LogP contribution >= 0.6 is 0 Å². The molecule has 1 amide bonds. The molecule has 1 rings (SSSR count). The standard InChI is InChI=1S/C7H5FN2O6S/c8-5-3-4(1-2-6(5)10(12)13)17(14,15)16-7(9)11/h1-3H,(H2,9,11). The third-order valence-electron chi connectivity index (χ3n) is 1.60. The highest BCUT2D eigenvalue weighted by molar-refractivity contribution is 7.87. The zero-order valence-corrected chi connectivity index (χ0v) is 8.81. The minimum absolute atomic E-state index is 0.358. The average molecular weight is 264 g/mol. The smallest absolute Gasteiger partial charge is 0.334 e. The molecule has 0 saturated carbocycles. The van der Waals surface area contributed by atoms with E-state index in [2.05, 4.69) is 9.92 Å². The predicted molar refractivity (Wildman–Crippen MR) is 50.9 cm³/mol. The number of halogens is 1. The first-order valence-electron chi connectivity index (χ1n) is 3.92. The van der Waals surface area contributed by atoms with E-state index in [0.29, 0.717) is 12.1 Å². The number of nitrogens with two attached hydrogens (primary N) is 1. The number of nitrogens with zero attached hydrogens (tertiary/aromatic N) is 1. The number of hydrogen-bond acceptors (Lipinski definition) is 6. The summed E-state index contributed by atoms with van der Waals surface area (Å²) in [6.07, 6.45) is -1.59. The van der Waals surface area contributed by atoms with E-state index in [-0.39, 0.29) is 0 Å². The van der Waals surface area contributed by atoms with Crippen LogP contribution in [0.3, 0.4) is 0 Å². The van der Waals surface area contributed by atoms with Crippen molar-refractivity contribution in [3.05, 3.63) is 34.1 Å². The van der Waals surface area contributed by atoms with Crippen molar-refractivity contribution in [1.29, 1.82) is 0 Å². The Labute approximate surface area is 94.1 Å². The van der Waals surface area contributed by atoms with E-state index in [1.165, 1.54) is 0 Å². The fraction of sp³-hybridized carbons (Fsp3) is 0. The van der Waals surface area contributed by atoms with Crippen molar-refractivity contribution in [1.82, 2.24) is 0 Å². The molecule has 10 heteroatoms. The molecule has 2 N–H and O–H groups in total. The highest BCUT2D eigenvalue weighted by Crippen LogP contribution is 2.21. The van der Waals surface area contributed by atoms with Crippen LogP contribution in [0.4, 0.5) is 14.9 Å². The van der Waals surface area contributed by atoms with Gasteiger partial charge in [0, 0.05) is 12.1 Å². The molecule has 8 nitrogen and oxygen atoms in total. The lowest BCUT2D eigenvalue weighted by Gasteiger charge is -2.02. The van der Waals surface area contributed by atoms with Gasteiger partial charge in [-0.15, -0.1) is 0 Å². The van der Waals surface area contributed by atoms with Crippen LogP contribution in [0.2, 0.25) is 0 Å². The molecule has 0 aromatic heterocycles. The predicted octanol–water partition coefficient (Wildman–Crippen LogP) is 0.518. The molecule has 0 saturated heterocycles. The molecule has 17 heavy (non-hydrogen) atoms. The summed E-state index contributed by atoms with van der Waals surface area (Å²) >= 11 is 0. The van der Waals surface area contributed by atoms with Crippen molar-refractivity contribution in [2.75, 3.05) is 0 Å². The second-order valence-electron chi connectivity index (χ2n) is 2.73. The Bertz CT molecular complexity index is 584. The third-order valence-corrected chi connectivity index (χ3v) is 2.81. The minimum atomic E-state index is -4.56. The molecule has 0 aliphatic rings. The van der Waals surface area contributed by atoms with Crippen molar-refractivity contribution in [3.63, 3.8) is 0 Å². The fourth-order valence-corrected chi connectivity index (χ4v) is 1.74. The van der Waals surface area contributed by atoms with Crippen molar-refractivity contribution in [2.45, 2.75) is 4.90 Å². The molecule has 1 aromatic carbocycles. The first-order chi connectivity index (χ1) is 7.74. The van der Waals surface area contributed by atoms with Gasteiger partial charge in [-0.25, -0.2) is 4.79 Å². The zero-order valence-electron chi connectivity index (χ0n) is 7.99. The van der Waals surface area contributed by atoms with E-state index in [1.54, 1.807) is 0 Å². The van der Waals surface area contributed by atoms with Crippen molar-refractivity contribution in [2.24, 2.45) is 5.73 Å². The molecule has 0 atom stereocenters. The van der Waals surface area contributed by atoms with Gasteiger partial charge in [0.15, 0.2) is 0 Å². The Morgan fingerprint density at radius 2 is 2.06 bits per heavy atom. The number of hydrogen-bond donors (Lipinski definition) is 1. The second kappa shape index (κ2) is 4.33. The van der Waals surface area contributed by atoms with Gasteiger partial charge in [-0.05, 0) is 6.07 Å². The van der Waals surface area contributed by atoms with Gasteiger partial charge in [-0.1, -0.05) is 0 Å². The van der Waals surface area contributed by atoms with Gasteiger partial charge in [-0.2, -0.15) is 12.8 Å². The van der Waals surface area contributed by atoms with E-state index in [0.717, 1.165) is 6.07 Å². The van der Waals surface area contributed by atoms with Gasteiger partial charge in [0.25, 0.3) is 0 Å². The van der Waals surface area contributed by atoms with E-state index >= 15 is 0 Å². The molecule has 1 aromatic rings. The van der Waals surface area contributed by atoms with Crippen LogP contribution in [0.15, 0.2) is 23.1 Å². The minimum Gasteiger partial charge on any atom is -0.334 e. The lowest BCUT2D eigenvalue weighted by Crippen LogP contribution is -2.19. The Kier molecular flexibility index (Phi) is 3.27. The Hall–Kier alpha value is -2.23. The summed E-state index contributed by atoms with van der Waals surface area (Å²) in [5.41, 5.74) is 3.59. The highest BCUT2D eigenvalue weighted by atomic mass is 32.2. The van der Waals surface area contributed by atoms with E-state index < -0.39 is 37.5 Å². The van der Waals surface area contributed by atoms with Crippen LogP contribution in [-0.4, -0.2) is 19.4 Å². The number of primary amides is 1. The van der Waals surface area contributed by atoms with Gasteiger partial charge in [0.05, 0.1) is 4.92 Å². The van der Waals surface area contributed by atoms with Gasteiger partial charge in [0.1, 0.15) is 4.90 Å². The topological polar surface area (TPSA) is 130 Å². The summed E-state index contributed by atoms with van der Waals surface area (Å²) in [6, 6.07) is 1.71. The summed E-state index contributed by atoms with van der Waals surface area (Å²) in [7, 11) is -4.56. The van der Waals surface area contributed by atoms with Crippen molar-refractivity contribution < 1.29 is 26.7 Å². The number of nitro groups is 1. The zero-order chi connectivity index (χ0) is 13.2. The monoisotopic (exact) mass is 264 g/mol. The van der Waals surface area contributed by atoms with E-state index in [9.17, 15) is 27.7 Å². The molecule has 0 heterocycles. The number of rotatable bonds is 3. The number of carbonyl (C=O) groups is 1. The van der Waals surface area contributed by atoms with Crippen LogP contribution in [0, 0.1) is 15.9 Å². The summed E-state index contributed by atoms with van der Waals surface area (Å²) in [6.45, 7) is 0. The van der Waals surface area contributed by atoms with Crippen LogP contribution in [-0.2, 0) is 14.3 Å². The largest absolute Gasteiger partial charge is 0.420 e. The number of amides is 1. The maximum Gasteiger partial charge on any atom is 0.420 e. The molecule has 0 spiro atoms. The molecule has 0 unspecified atom stereocenters. The molecular weight excluding hydrogens is 259 g/mol. The lowest BCUT2D eigenvalue weighted by atomic mass is 10.3. The van der Waals surface area contributed by atoms with E-state index in [4.69, 9.17) is 0 Å². The summed E-state index contributed by atoms with van der Waals surface area (Å²) in [5.74, 6) is -1.37. The summed E-state index contributed by atoms with van der Waals surface area (Å²) in [5, 5.41) is 10.3. The van der Waals surface area contributed by atoms with Crippen molar-refractivity contribution >= 4 is 21.9 Å². The average Bonchev–Trinajstić information content (AvgIpc) is 2.14. The summed E-state index contributed by atoms with van der Waals surface area (Å²) < 4.78 is 39.3. The number of benzene rings is 1. The molecule has 0 fully saturated rings. The quantitative estimate of drug-likeness (QED) is 0.481. The Morgan fingerprint density at radius 1 is 1.47 bits per heavy atom. The van der Waals surface area contributed by atoms with Crippen LogP contribution < -0.4 is 5.73 Å². The molecule has 92 valence electrons. The fourth-order valence-electron chi connectivity index (χ4n) is 0.947. The van der Waals surface area contributed by atoms with Crippen molar-refractivity contribution in [3.8, 4) is 0 Å². The molecular formula is C7H5FN2O6S. The molecule has 0 aliphatic heterocycles. The lowest BCUT2D eigenvalue weighted by molar-refractivity contribution is -0.387. The van der Waals surface area contributed by atoms with Crippen LogP contribution in [0.1, 0.15) is 0 Å². The SMILES string of the molecule is NC(=O)OS(=O)(=O)c1ccc([N+](=O)[O-])c(F)c1. The van der Waals surface area contributed by atoms with Gasteiger partial charge in [-0.3, -0.25) is 10.1 Å². The number of nitro benzene ring substituents is 1. The first kappa shape index (κ1) is 12.8. The Morgan fingerprint density at radius 3 is 2.47 bits per heavy atom.